The quantitative estimate of drug-likeness (QED) is 0.785. The predicted molar refractivity (Wildman–Crippen MR) is 89.6 cm³/mol. The molecular weight excluding hydrogens is 282 g/mol. The van der Waals surface area contributed by atoms with Gasteiger partial charge in [0.25, 0.3) is 0 Å². The molecule has 1 aliphatic heterocycles. The van der Waals surface area contributed by atoms with Gasteiger partial charge < -0.3 is 10.0 Å². The minimum absolute atomic E-state index is 0.351. The number of nitrogens with zero attached hydrogens (tertiary/aromatic N) is 1. The van der Waals surface area contributed by atoms with Gasteiger partial charge >= 0.3 is 5.97 Å². The molecule has 4 heteroatoms. The zero-order valence-corrected chi connectivity index (χ0v) is 14.0. The van der Waals surface area contributed by atoms with E-state index in [4.69, 9.17) is 0 Å². The number of carbonyl (C=O) groups is 1. The third-order valence-electron chi connectivity index (χ3n) is 4.80. The van der Waals surface area contributed by atoms with E-state index in [1.807, 2.05) is 18.2 Å². The van der Waals surface area contributed by atoms with Crippen molar-refractivity contribution < 1.29 is 9.90 Å². The molecule has 0 atom stereocenters. The van der Waals surface area contributed by atoms with Crippen LogP contribution in [0.25, 0.3) is 0 Å². The van der Waals surface area contributed by atoms with E-state index in [2.05, 4.69) is 25.7 Å². The van der Waals surface area contributed by atoms with Gasteiger partial charge in [0.2, 0.25) is 0 Å². The Morgan fingerprint density at radius 3 is 2.57 bits per heavy atom. The van der Waals surface area contributed by atoms with Crippen molar-refractivity contribution in [3.05, 3.63) is 23.8 Å². The molecule has 0 amide bonds. The summed E-state index contributed by atoms with van der Waals surface area (Å²) in [5.74, 6) is 0.0736. The van der Waals surface area contributed by atoms with Gasteiger partial charge in [-0.3, -0.25) is 0 Å². The van der Waals surface area contributed by atoms with Crippen molar-refractivity contribution in [2.24, 2.45) is 5.41 Å². The number of anilines is 1. The molecule has 1 saturated heterocycles. The van der Waals surface area contributed by atoms with E-state index in [9.17, 15) is 9.90 Å². The van der Waals surface area contributed by atoms with Gasteiger partial charge in [0.15, 0.2) is 0 Å². The molecule has 0 radical (unpaired) electrons. The zero-order chi connectivity index (χ0) is 15.5. The Bertz CT molecular complexity index is 512. The van der Waals surface area contributed by atoms with Crippen LogP contribution in [0.3, 0.4) is 0 Å². The van der Waals surface area contributed by atoms with E-state index < -0.39 is 5.97 Å². The van der Waals surface area contributed by atoms with Gasteiger partial charge in [0, 0.05) is 18.0 Å². The number of aromatic carboxylic acids is 1. The van der Waals surface area contributed by atoms with E-state index in [0.717, 1.165) is 48.7 Å². The van der Waals surface area contributed by atoms with E-state index in [-0.39, 0.29) is 0 Å². The molecule has 0 spiro atoms. The predicted octanol–water partition coefficient (Wildman–Crippen LogP) is 4.51. The van der Waals surface area contributed by atoms with Crippen molar-refractivity contribution >= 4 is 23.4 Å². The van der Waals surface area contributed by atoms with E-state index in [1.165, 1.54) is 0 Å². The summed E-state index contributed by atoms with van der Waals surface area (Å²) in [7, 11) is 0. The second kappa shape index (κ2) is 6.73. The van der Waals surface area contributed by atoms with Crippen LogP contribution in [-0.2, 0) is 0 Å². The summed E-state index contributed by atoms with van der Waals surface area (Å²) >= 11 is 1.61. The van der Waals surface area contributed by atoms with Gasteiger partial charge in [-0.1, -0.05) is 26.8 Å². The first-order valence-corrected chi connectivity index (χ1v) is 8.79. The van der Waals surface area contributed by atoms with Crippen molar-refractivity contribution in [1.29, 1.82) is 0 Å². The van der Waals surface area contributed by atoms with Crippen LogP contribution >= 0.6 is 11.8 Å². The average molecular weight is 307 g/mol. The highest BCUT2D eigenvalue weighted by atomic mass is 32.2. The minimum Gasteiger partial charge on any atom is -0.478 e. The number of hydrogen-bond donors (Lipinski definition) is 1. The summed E-state index contributed by atoms with van der Waals surface area (Å²) in [6.45, 7) is 8.48. The van der Waals surface area contributed by atoms with Gasteiger partial charge in [0.1, 0.15) is 0 Å². The van der Waals surface area contributed by atoms with Gasteiger partial charge in [-0.15, -0.1) is 11.8 Å². The first-order valence-electron chi connectivity index (χ1n) is 7.81. The zero-order valence-electron chi connectivity index (χ0n) is 13.2. The lowest BCUT2D eigenvalue weighted by Gasteiger charge is -2.28. The van der Waals surface area contributed by atoms with Crippen LogP contribution in [-0.4, -0.2) is 29.9 Å². The van der Waals surface area contributed by atoms with E-state index >= 15 is 0 Å². The number of rotatable bonds is 6. The third-order valence-corrected chi connectivity index (χ3v) is 5.74. The first kappa shape index (κ1) is 16.2. The Balaban J connectivity index is 2.36. The molecule has 0 saturated carbocycles. The molecule has 1 heterocycles. The highest BCUT2D eigenvalue weighted by Gasteiger charge is 2.36. The van der Waals surface area contributed by atoms with Crippen molar-refractivity contribution in [2.45, 2.75) is 44.9 Å². The number of carboxylic acids is 1. The van der Waals surface area contributed by atoms with Crippen LogP contribution in [0.4, 0.5) is 5.69 Å². The van der Waals surface area contributed by atoms with E-state index in [1.54, 1.807) is 11.8 Å². The molecular formula is C17H25NO2S. The average Bonchev–Trinajstić information content (AvgIpc) is 2.92. The largest absolute Gasteiger partial charge is 0.478 e. The maximum absolute atomic E-state index is 11.7. The van der Waals surface area contributed by atoms with Crippen LogP contribution in [0.15, 0.2) is 23.1 Å². The smallest absolute Gasteiger partial charge is 0.338 e. The molecule has 0 bridgehead atoms. The maximum Gasteiger partial charge on any atom is 0.338 e. The van der Waals surface area contributed by atoms with Crippen LogP contribution in [0.5, 0.6) is 0 Å². The summed E-state index contributed by atoms with van der Waals surface area (Å²) in [6.07, 6.45) is 3.47. The molecule has 116 valence electrons. The highest BCUT2D eigenvalue weighted by molar-refractivity contribution is 7.99. The number of hydrogen-bond acceptors (Lipinski definition) is 3. The molecule has 0 unspecified atom stereocenters. The second-order valence-corrected chi connectivity index (χ2v) is 7.07. The fourth-order valence-corrected chi connectivity index (χ4v) is 4.06. The molecule has 1 fully saturated rings. The fourth-order valence-electron chi connectivity index (χ4n) is 3.24. The summed E-state index contributed by atoms with van der Waals surface area (Å²) in [4.78, 5) is 14.9. The Labute approximate surface area is 131 Å². The number of carboxylic acid groups (broad SMARTS) is 1. The van der Waals surface area contributed by atoms with Gasteiger partial charge in [-0.2, -0.15) is 0 Å². The third kappa shape index (κ3) is 3.20. The summed E-state index contributed by atoms with van der Waals surface area (Å²) in [5, 5.41) is 9.64. The standard InChI is InChI=1S/C17H25NO2S/c1-4-17(5-2)10-11-18(12-17)13-8-7-9-14(21-6-3)15(13)16(19)20/h7-9H,4-6,10-12H2,1-3H3,(H,19,20). The van der Waals surface area contributed by atoms with Crippen LogP contribution in [0, 0.1) is 5.41 Å². The lowest BCUT2D eigenvalue weighted by Crippen LogP contribution is -2.27. The van der Waals surface area contributed by atoms with Crippen molar-refractivity contribution in [2.75, 3.05) is 23.7 Å². The highest BCUT2D eigenvalue weighted by Crippen LogP contribution is 2.41. The van der Waals surface area contributed by atoms with Crippen LogP contribution in [0.2, 0.25) is 0 Å². The van der Waals surface area contributed by atoms with E-state index in [0.29, 0.717) is 11.0 Å². The molecule has 21 heavy (non-hydrogen) atoms. The summed E-state index contributed by atoms with van der Waals surface area (Å²) in [6, 6.07) is 5.87. The Hall–Kier alpha value is -1.16. The van der Waals surface area contributed by atoms with Crippen LogP contribution < -0.4 is 4.90 Å². The van der Waals surface area contributed by atoms with Gasteiger partial charge in [-0.05, 0) is 42.6 Å². The first-order chi connectivity index (χ1) is 10.1. The minimum atomic E-state index is -0.813. The fraction of sp³-hybridized carbons (Fsp3) is 0.588. The molecule has 2 rings (SSSR count). The summed E-state index contributed by atoms with van der Waals surface area (Å²) < 4.78 is 0. The van der Waals surface area contributed by atoms with Crippen molar-refractivity contribution in [3.8, 4) is 0 Å². The maximum atomic E-state index is 11.7. The Kier molecular flexibility index (Phi) is 5.20. The van der Waals surface area contributed by atoms with Crippen molar-refractivity contribution in [3.63, 3.8) is 0 Å². The number of thioether (sulfide) groups is 1. The van der Waals surface area contributed by atoms with Gasteiger partial charge in [0.05, 0.1) is 11.3 Å². The molecule has 0 aliphatic carbocycles. The molecule has 1 N–H and O–H groups in total. The SMILES string of the molecule is CCSc1cccc(N2CCC(CC)(CC)C2)c1C(=O)O. The lowest BCUT2D eigenvalue weighted by atomic mass is 9.82. The summed E-state index contributed by atoms with van der Waals surface area (Å²) in [5.41, 5.74) is 1.72. The molecule has 3 nitrogen and oxygen atoms in total. The number of benzene rings is 1. The monoisotopic (exact) mass is 307 g/mol. The Morgan fingerprint density at radius 1 is 1.33 bits per heavy atom. The molecule has 1 aliphatic rings. The topological polar surface area (TPSA) is 40.5 Å². The lowest BCUT2D eigenvalue weighted by molar-refractivity contribution is 0.0694. The molecule has 0 aromatic heterocycles. The normalized spacial score (nSPS) is 17.2. The second-order valence-electron chi connectivity index (χ2n) is 5.77. The Morgan fingerprint density at radius 2 is 2.05 bits per heavy atom. The molecule has 1 aromatic carbocycles. The van der Waals surface area contributed by atoms with Gasteiger partial charge in [-0.25, -0.2) is 4.79 Å². The molecule has 1 aromatic rings. The van der Waals surface area contributed by atoms with Crippen molar-refractivity contribution in [1.82, 2.24) is 0 Å². The van der Waals surface area contributed by atoms with Crippen LogP contribution in [0.1, 0.15) is 50.4 Å².